The molecule has 2 unspecified atom stereocenters. The van der Waals surface area contributed by atoms with Gasteiger partial charge in [0.15, 0.2) is 0 Å². The van der Waals surface area contributed by atoms with E-state index in [1.54, 1.807) is 0 Å². The SMILES string of the molecule is CCCCCCCCCCCCCCC(C)CCCCC(CCCCC(C)CCCCCCCCCCCCCC)N(C)CC. The summed E-state index contributed by atoms with van der Waals surface area (Å²) in [5.74, 6) is 1.86. The zero-order chi connectivity index (χ0) is 33.1. The third-order valence-corrected chi connectivity index (χ3v) is 11.2. The summed E-state index contributed by atoms with van der Waals surface area (Å²) in [5.41, 5.74) is 0. The molecule has 0 saturated carbocycles. The Kier molecular flexibility index (Phi) is 36.8. The summed E-state index contributed by atoms with van der Waals surface area (Å²) in [4.78, 5) is 2.64. The van der Waals surface area contributed by atoms with Gasteiger partial charge in [0, 0.05) is 6.04 Å². The van der Waals surface area contributed by atoms with Gasteiger partial charge in [-0.25, -0.2) is 0 Å². The van der Waals surface area contributed by atoms with Gasteiger partial charge in [-0.2, -0.15) is 0 Å². The highest BCUT2D eigenvalue weighted by molar-refractivity contribution is 4.69. The monoisotopic (exact) mass is 634 g/mol. The maximum atomic E-state index is 2.64. The van der Waals surface area contributed by atoms with E-state index in [-0.39, 0.29) is 0 Å². The lowest BCUT2D eigenvalue weighted by atomic mass is 9.93. The Hall–Kier alpha value is -0.0400. The van der Waals surface area contributed by atoms with E-state index >= 15 is 0 Å². The molecule has 0 bridgehead atoms. The fraction of sp³-hybridized carbons (Fsp3) is 1.00. The fourth-order valence-electron chi connectivity index (χ4n) is 7.55. The van der Waals surface area contributed by atoms with Gasteiger partial charge in [-0.05, 0) is 38.3 Å². The molecular formula is C44H91N. The maximum absolute atomic E-state index is 2.64. The van der Waals surface area contributed by atoms with Crippen LogP contribution >= 0.6 is 0 Å². The quantitative estimate of drug-likeness (QED) is 0.0611. The molecule has 2 atom stereocenters. The molecule has 0 aromatic carbocycles. The number of hydrogen-bond acceptors (Lipinski definition) is 1. The van der Waals surface area contributed by atoms with Gasteiger partial charge in [0.2, 0.25) is 0 Å². The summed E-state index contributed by atoms with van der Waals surface area (Å²) in [7, 11) is 2.37. The van der Waals surface area contributed by atoms with E-state index in [1.807, 2.05) is 0 Å². The van der Waals surface area contributed by atoms with Gasteiger partial charge in [0.05, 0.1) is 0 Å². The van der Waals surface area contributed by atoms with Crippen LogP contribution in [0.3, 0.4) is 0 Å². The van der Waals surface area contributed by atoms with Crippen LogP contribution in [0, 0.1) is 11.8 Å². The molecule has 0 amide bonds. The molecule has 0 radical (unpaired) electrons. The Morgan fingerprint density at radius 2 is 0.533 bits per heavy atom. The van der Waals surface area contributed by atoms with Crippen molar-refractivity contribution in [2.45, 2.75) is 259 Å². The maximum Gasteiger partial charge on any atom is 0.00920 e. The second-order valence-electron chi connectivity index (χ2n) is 15.9. The minimum Gasteiger partial charge on any atom is -0.304 e. The summed E-state index contributed by atoms with van der Waals surface area (Å²) in [6.07, 6.45) is 49.6. The first-order valence-electron chi connectivity index (χ1n) is 21.7. The summed E-state index contributed by atoms with van der Waals surface area (Å²) in [5, 5.41) is 0. The van der Waals surface area contributed by atoms with Crippen LogP contribution in [0.25, 0.3) is 0 Å². The van der Waals surface area contributed by atoms with Crippen LogP contribution in [-0.4, -0.2) is 24.5 Å². The second-order valence-corrected chi connectivity index (χ2v) is 15.9. The van der Waals surface area contributed by atoms with Crippen LogP contribution < -0.4 is 0 Å². The molecule has 1 heteroatoms. The van der Waals surface area contributed by atoms with Gasteiger partial charge < -0.3 is 4.90 Å². The van der Waals surface area contributed by atoms with Crippen LogP contribution in [0.4, 0.5) is 0 Å². The Morgan fingerprint density at radius 1 is 0.311 bits per heavy atom. The van der Waals surface area contributed by atoms with Gasteiger partial charge in [-0.1, -0.05) is 240 Å². The minimum absolute atomic E-state index is 0.813. The van der Waals surface area contributed by atoms with Crippen molar-refractivity contribution in [1.29, 1.82) is 0 Å². The van der Waals surface area contributed by atoms with Gasteiger partial charge in [0.25, 0.3) is 0 Å². The largest absolute Gasteiger partial charge is 0.304 e. The fourth-order valence-corrected chi connectivity index (χ4v) is 7.55. The van der Waals surface area contributed by atoms with E-state index in [2.05, 4.69) is 46.6 Å². The molecule has 0 fully saturated rings. The molecular weight excluding hydrogens is 542 g/mol. The molecule has 0 aromatic heterocycles. The highest BCUT2D eigenvalue weighted by atomic mass is 15.1. The highest BCUT2D eigenvalue weighted by Gasteiger charge is 2.14. The van der Waals surface area contributed by atoms with Crippen molar-refractivity contribution in [2.24, 2.45) is 11.8 Å². The van der Waals surface area contributed by atoms with Gasteiger partial charge in [0.1, 0.15) is 0 Å². The van der Waals surface area contributed by atoms with Crippen molar-refractivity contribution in [2.75, 3.05) is 13.6 Å². The predicted molar refractivity (Wildman–Crippen MR) is 209 cm³/mol. The summed E-state index contributed by atoms with van der Waals surface area (Å²) in [6, 6.07) is 0.813. The van der Waals surface area contributed by atoms with E-state index in [4.69, 9.17) is 0 Å². The molecule has 0 heterocycles. The van der Waals surface area contributed by atoms with Crippen molar-refractivity contribution in [3.8, 4) is 0 Å². The summed E-state index contributed by atoms with van der Waals surface area (Å²) >= 11 is 0. The number of hydrogen-bond donors (Lipinski definition) is 0. The minimum atomic E-state index is 0.813. The van der Waals surface area contributed by atoms with Crippen molar-refractivity contribution in [3.05, 3.63) is 0 Å². The summed E-state index contributed by atoms with van der Waals surface area (Å²) < 4.78 is 0. The molecule has 0 saturated heterocycles. The van der Waals surface area contributed by atoms with E-state index in [0.29, 0.717) is 0 Å². The predicted octanol–water partition coefficient (Wildman–Crippen LogP) is 15.9. The Bertz CT molecular complexity index is 487. The van der Waals surface area contributed by atoms with Crippen molar-refractivity contribution >= 4 is 0 Å². The van der Waals surface area contributed by atoms with E-state index < -0.39 is 0 Å². The normalized spacial score (nSPS) is 13.9. The first-order valence-corrected chi connectivity index (χ1v) is 21.7. The molecule has 0 aromatic rings. The molecule has 0 aliphatic carbocycles. The standard InChI is InChI=1S/C44H91N/c1-7-10-12-14-16-18-20-22-24-26-28-30-36-42(4)38-32-34-40-44(45(6)9-3)41-35-33-39-43(5)37-31-29-27-25-23-21-19-17-15-13-11-8-2/h42-44H,7-41H2,1-6H3. The number of unbranched alkanes of at least 4 members (excludes halogenated alkanes) is 24. The van der Waals surface area contributed by atoms with Crippen LogP contribution in [0.1, 0.15) is 253 Å². The zero-order valence-corrected chi connectivity index (χ0v) is 32.9. The molecule has 45 heavy (non-hydrogen) atoms. The van der Waals surface area contributed by atoms with Crippen LogP contribution in [-0.2, 0) is 0 Å². The second kappa shape index (κ2) is 36.8. The topological polar surface area (TPSA) is 3.24 Å². The van der Waals surface area contributed by atoms with Gasteiger partial charge in [-0.15, -0.1) is 0 Å². The molecule has 0 aliphatic rings. The molecule has 0 spiro atoms. The smallest absolute Gasteiger partial charge is 0.00920 e. The zero-order valence-electron chi connectivity index (χ0n) is 32.9. The average molecular weight is 634 g/mol. The Balaban J connectivity index is 3.68. The highest BCUT2D eigenvalue weighted by Crippen LogP contribution is 2.23. The molecule has 0 N–H and O–H groups in total. The van der Waals surface area contributed by atoms with E-state index in [9.17, 15) is 0 Å². The Labute approximate surface area is 288 Å². The third kappa shape index (κ3) is 33.6. The Morgan fingerprint density at radius 3 is 0.800 bits per heavy atom. The van der Waals surface area contributed by atoms with Crippen LogP contribution in [0.15, 0.2) is 0 Å². The number of rotatable bonds is 38. The first-order chi connectivity index (χ1) is 22.0. The van der Waals surface area contributed by atoms with Gasteiger partial charge >= 0.3 is 0 Å². The first kappa shape index (κ1) is 45.0. The summed E-state index contributed by atoms with van der Waals surface area (Å²) in [6.45, 7) is 13.2. The molecule has 1 nitrogen and oxygen atoms in total. The number of nitrogens with zero attached hydrogens (tertiary/aromatic N) is 1. The lowest BCUT2D eigenvalue weighted by Gasteiger charge is -2.27. The lowest BCUT2D eigenvalue weighted by Crippen LogP contribution is -2.31. The molecule has 0 aliphatic heterocycles. The van der Waals surface area contributed by atoms with Crippen molar-refractivity contribution in [1.82, 2.24) is 4.90 Å². The molecule has 0 rings (SSSR count). The van der Waals surface area contributed by atoms with Crippen molar-refractivity contribution < 1.29 is 0 Å². The third-order valence-electron chi connectivity index (χ3n) is 11.2. The van der Waals surface area contributed by atoms with Crippen molar-refractivity contribution in [3.63, 3.8) is 0 Å². The lowest BCUT2D eigenvalue weighted by molar-refractivity contribution is 0.217. The average Bonchev–Trinajstić information content (AvgIpc) is 3.04. The van der Waals surface area contributed by atoms with E-state index in [0.717, 1.165) is 17.9 Å². The van der Waals surface area contributed by atoms with Gasteiger partial charge in [-0.3, -0.25) is 0 Å². The van der Waals surface area contributed by atoms with E-state index in [1.165, 1.54) is 225 Å². The molecule has 272 valence electrons. The van der Waals surface area contributed by atoms with Crippen LogP contribution in [0.2, 0.25) is 0 Å². The van der Waals surface area contributed by atoms with Crippen LogP contribution in [0.5, 0.6) is 0 Å².